The number of carbonyl (C=O) groups is 2. The number of pyridine rings is 1. The van der Waals surface area contributed by atoms with Gasteiger partial charge in [-0.2, -0.15) is 0 Å². The number of nitrogens with zero attached hydrogens (tertiary/aromatic N) is 1. The lowest BCUT2D eigenvalue weighted by Gasteiger charge is -2.19. The number of alkyl carbamates (subject to hydrolysis) is 1. The van der Waals surface area contributed by atoms with Crippen LogP contribution in [0.15, 0.2) is 42.7 Å². The third-order valence-corrected chi connectivity index (χ3v) is 3.72. The zero-order chi connectivity index (χ0) is 17.5. The lowest BCUT2D eigenvalue weighted by Crippen LogP contribution is -2.31. The predicted molar refractivity (Wildman–Crippen MR) is 89.0 cm³/mol. The molecule has 2 rings (SSSR count). The minimum atomic E-state index is -1.12. The molecule has 0 aliphatic heterocycles. The van der Waals surface area contributed by atoms with Crippen molar-refractivity contribution in [3.63, 3.8) is 0 Å². The predicted octanol–water partition coefficient (Wildman–Crippen LogP) is 3.83. The van der Waals surface area contributed by atoms with Gasteiger partial charge < -0.3 is 15.2 Å². The Morgan fingerprint density at radius 1 is 1.17 bits per heavy atom. The zero-order valence-electron chi connectivity index (χ0n) is 12.4. The van der Waals surface area contributed by atoms with E-state index in [1.165, 1.54) is 12.4 Å². The maximum atomic E-state index is 12.0. The zero-order valence-corrected chi connectivity index (χ0v) is 13.9. The van der Waals surface area contributed by atoms with Crippen molar-refractivity contribution < 1.29 is 19.4 Å². The molecule has 0 aliphatic rings. The summed E-state index contributed by atoms with van der Waals surface area (Å²) in [5.74, 6) is -1.12. The Hall–Kier alpha value is -2.31. The van der Waals surface area contributed by atoms with Crippen LogP contribution in [0.4, 0.5) is 4.79 Å². The SMILES string of the molecule is O=C(O)C[C@H](NC(=O)OCc1ccccc1)c1c(Cl)cncc1Cl. The standard InChI is InChI=1S/C16H14Cl2N2O4/c17-11-7-19-8-12(18)15(11)13(6-14(21)22)20-16(23)24-9-10-4-2-1-3-5-10/h1-5,7-8,13H,6,9H2,(H,20,23)(H,21,22)/t13-/m0/s1. The van der Waals surface area contributed by atoms with Crippen LogP contribution in [0.5, 0.6) is 0 Å². The number of carboxylic acids is 1. The van der Waals surface area contributed by atoms with E-state index in [9.17, 15) is 9.59 Å². The number of ether oxygens (including phenoxy) is 1. The highest BCUT2D eigenvalue weighted by Gasteiger charge is 2.24. The van der Waals surface area contributed by atoms with Crippen molar-refractivity contribution in [2.24, 2.45) is 0 Å². The molecule has 1 amide bonds. The van der Waals surface area contributed by atoms with Gasteiger partial charge in [0.15, 0.2) is 0 Å². The Labute approximate surface area is 148 Å². The van der Waals surface area contributed by atoms with E-state index in [-0.39, 0.29) is 22.2 Å². The summed E-state index contributed by atoms with van der Waals surface area (Å²) in [7, 11) is 0. The highest BCUT2D eigenvalue weighted by molar-refractivity contribution is 6.35. The van der Waals surface area contributed by atoms with Gasteiger partial charge in [0.2, 0.25) is 0 Å². The molecular weight excluding hydrogens is 355 g/mol. The summed E-state index contributed by atoms with van der Waals surface area (Å²) in [6.07, 6.45) is 1.49. The molecule has 1 heterocycles. The number of nitrogens with one attached hydrogen (secondary N) is 1. The van der Waals surface area contributed by atoms with Gasteiger partial charge in [-0.15, -0.1) is 0 Å². The first-order chi connectivity index (χ1) is 11.5. The van der Waals surface area contributed by atoms with Crippen molar-refractivity contribution in [2.45, 2.75) is 19.1 Å². The monoisotopic (exact) mass is 368 g/mol. The number of hydrogen-bond donors (Lipinski definition) is 2. The van der Waals surface area contributed by atoms with E-state index >= 15 is 0 Å². The van der Waals surface area contributed by atoms with Crippen LogP contribution < -0.4 is 5.32 Å². The Balaban J connectivity index is 2.08. The summed E-state index contributed by atoms with van der Waals surface area (Å²) in [5, 5.41) is 11.9. The lowest BCUT2D eigenvalue weighted by molar-refractivity contribution is -0.137. The summed E-state index contributed by atoms with van der Waals surface area (Å²) in [6.45, 7) is 0.0598. The van der Waals surface area contributed by atoms with Gasteiger partial charge in [0.05, 0.1) is 22.5 Å². The topological polar surface area (TPSA) is 88.5 Å². The van der Waals surface area contributed by atoms with Crippen LogP contribution in [0.1, 0.15) is 23.6 Å². The van der Waals surface area contributed by atoms with Gasteiger partial charge in [-0.05, 0) is 5.56 Å². The van der Waals surface area contributed by atoms with E-state index in [4.69, 9.17) is 33.0 Å². The van der Waals surface area contributed by atoms with Gasteiger partial charge >= 0.3 is 12.1 Å². The van der Waals surface area contributed by atoms with Gasteiger partial charge in [-0.1, -0.05) is 53.5 Å². The van der Waals surface area contributed by atoms with Crippen molar-refractivity contribution in [1.82, 2.24) is 10.3 Å². The van der Waals surface area contributed by atoms with E-state index in [0.717, 1.165) is 5.56 Å². The summed E-state index contributed by atoms with van der Waals surface area (Å²) >= 11 is 12.1. The molecule has 0 saturated heterocycles. The van der Waals surface area contributed by atoms with E-state index in [1.807, 2.05) is 18.2 Å². The smallest absolute Gasteiger partial charge is 0.407 e. The highest BCUT2D eigenvalue weighted by Crippen LogP contribution is 2.31. The third-order valence-electron chi connectivity index (χ3n) is 3.12. The second kappa shape index (κ2) is 8.52. The summed E-state index contributed by atoms with van der Waals surface area (Å²) in [4.78, 5) is 26.9. The number of aromatic nitrogens is 1. The molecule has 0 bridgehead atoms. The number of rotatable bonds is 6. The number of carbonyl (C=O) groups excluding carboxylic acids is 1. The first kappa shape index (κ1) is 18.0. The molecule has 1 atom stereocenters. The third kappa shape index (κ3) is 5.11. The molecule has 126 valence electrons. The molecular formula is C16H14Cl2N2O4. The van der Waals surface area contributed by atoms with Crippen LogP contribution >= 0.6 is 23.2 Å². The average molecular weight is 369 g/mol. The molecule has 1 aromatic heterocycles. The first-order valence-electron chi connectivity index (χ1n) is 6.95. The molecule has 0 saturated carbocycles. The van der Waals surface area contributed by atoms with Crippen molar-refractivity contribution in [1.29, 1.82) is 0 Å². The Morgan fingerprint density at radius 3 is 2.38 bits per heavy atom. The minimum absolute atomic E-state index is 0.0598. The van der Waals surface area contributed by atoms with Gasteiger partial charge in [-0.25, -0.2) is 4.79 Å². The molecule has 0 fully saturated rings. The first-order valence-corrected chi connectivity index (χ1v) is 7.71. The summed E-state index contributed by atoms with van der Waals surface area (Å²) in [5.41, 5.74) is 1.09. The highest BCUT2D eigenvalue weighted by atomic mass is 35.5. The molecule has 24 heavy (non-hydrogen) atoms. The molecule has 0 unspecified atom stereocenters. The minimum Gasteiger partial charge on any atom is -0.481 e. The molecule has 1 aromatic carbocycles. The van der Waals surface area contributed by atoms with E-state index in [0.29, 0.717) is 0 Å². The summed E-state index contributed by atoms with van der Waals surface area (Å²) in [6, 6.07) is 8.16. The molecule has 2 N–H and O–H groups in total. The number of hydrogen-bond acceptors (Lipinski definition) is 4. The van der Waals surface area contributed by atoms with E-state index < -0.39 is 24.5 Å². The Kier molecular flexibility index (Phi) is 6.40. The largest absolute Gasteiger partial charge is 0.481 e. The van der Waals surface area contributed by atoms with Crippen LogP contribution in [0.3, 0.4) is 0 Å². The molecule has 0 aliphatic carbocycles. The van der Waals surface area contributed by atoms with Crippen LogP contribution in [0.2, 0.25) is 10.0 Å². The average Bonchev–Trinajstić information content (AvgIpc) is 2.53. The second-order valence-electron chi connectivity index (χ2n) is 4.87. The van der Waals surface area contributed by atoms with E-state index in [2.05, 4.69) is 10.3 Å². The molecule has 6 nitrogen and oxygen atoms in total. The van der Waals surface area contributed by atoms with Crippen LogP contribution in [-0.4, -0.2) is 22.2 Å². The molecule has 0 radical (unpaired) electrons. The fourth-order valence-electron chi connectivity index (χ4n) is 2.06. The van der Waals surface area contributed by atoms with Gasteiger partial charge in [-0.3, -0.25) is 9.78 Å². The second-order valence-corrected chi connectivity index (χ2v) is 5.69. The number of halogens is 2. The van der Waals surface area contributed by atoms with E-state index in [1.54, 1.807) is 12.1 Å². The maximum Gasteiger partial charge on any atom is 0.407 e. The maximum absolute atomic E-state index is 12.0. The number of aliphatic carboxylic acids is 1. The fourth-order valence-corrected chi connectivity index (χ4v) is 2.69. The quantitative estimate of drug-likeness (QED) is 0.808. The molecule has 0 spiro atoms. The number of carboxylic acid groups (broad SMARTS) is 1. The van der Waals surface area contributed by atoms with Crippen molar-refractivity contribution >= 4 is 35.3 Å². The number of benzene rings is 1. The van der Waals surface area contributed by atoms with Crippen LogP contribution in [0, 0.1) is 0 Å². The van der Waals surface area contributed by atoms with Crippen LogP contribution in [-0.2, 0) is 16.1 Å². The molecule has 2 aromatic rings. The fraction of sp³-hybridized carbons (Fsp3) is 0.188. The lowest BCUT2D eigenvalue weighted by atomic mass is 10.1. The normalized spacial score (nSPS) is 11.6. The Morgan fingerprint density at radius 2 is 1.79 bits per heavy atom. The van der Waals surface area contributed by atoms with Gasteiger partial charge in [0.1, 0.15) is 6.61 Å². The van der Waals surface area contributed by atoms with Gasteiger partial charge in [0, 0.05) is 18.0 Å². The van der Waals surface area contributed by atoms with Gasteiger partial charge in [0.25, 0.3) is 0 Å². The summed E-state index contributed by atoms with van der Waals surface area (Å²) < 4.78 is 5.10. The molecule has 8 heteroatoms. The van der Waals surface area contributed by atoms with Crippen molar-refractivity contribution in [2.75, 3.05) is 0 Å². The van der Waals surface area contributed by atoms with Crippen LogP contribution in [0.25, 0.3) is 0 Å². The van der Waals surface area contributed by atoms with Crippen molar-refractivity contribution in [3.05, 3.63) is 63.9 Å². The number of amides is 1. The Bertz CT molecular complexity index is 705. The van der Waals surface area contributed by atoms with Crippen molar-refractivity contribution in [3.8, 4) is 0 Å².